The largest absolute Gasteiger partial charge is 0.495 e. The van der Waals surface area contributed by atoms with Gasteiger partial charge in [-0.25, -0.2) is 4.98 Å². The molecule has 0 amide bonds. The van der Waals surface area contributed by atoms with E-state index in [0.717, 1.165) is 5.75 Å². The zero-order valence-corrected chi connectivity index (χ0v) is 18.0. The van der Waals surface area contributed by atoms with Gasteiger partial charge < -0.3 is 25.5 Å². The highest BCUT2D eigenvalue weighted by atomic mass is 16.5. The average Bonchev–Trinajstić information content (AvgIpc) is 3.61. The summed E-state index contributed by atoms with van der Waals surface area (Å²) < 4.78 is 10.7. The quantitative estimate of drug-likeness (QED) is 0.533. The Balaban J connectivity index is 0.000000375. The minimum absolute atomic E-state index is 0.508. The van der Waals surface area contributed by atoms with Crippen LogP contribution in [0.2, 0.25) is 0 Å². The summed E-state index contributed by atoms with van der Waals surface area (Å²) in [5, 5.41) is 7.51. The summed E-state index contributed by atoms with van der Waals surface area (Å²) in [4.78, 5) is 14.5. The summed E-state index contributed by atoms with van der Waals surface area (Å²) in [6.45, 7) is 2.49. The van der Waals surface area contributed by atoms with E-state index in [-0.39, 0.29) is 0 Å². The molecule has 1 aliphatic rings. The Kier molecular flexibility index (Phi) is 10.4. The fraction of sp³-hybridized carbons (Fsp3) is 0.364. The number of nitrogens with two attached hydrogens (primary N) is 1. The molecule has 1 aliphatic carbocycles. The van der Waals surface area contributed by atoms with E-state index in [1.807, 2.05) is 38.1 Å². The molecule has 8 nitrogen and oxygen atoms in total. The molecule has 2 heterocycles. The van der Waals surface area contributed by atoms with Gasteiger partial charge >= 0.3 is 0 Å². The van der Waals surface area contributed by atoms with Gasteiger partial charge in [-0.05, 0) is 37.8 Å². The summed E-state index contributed by atoms with van der Waals surface area (Å²) in [6, 6.07) is 3.69. The van der Waals surface area contributed by atoms with Crippen molar-refractivity contribution in [2.75, 3.05) is 32.7 Å². The maximum absolute atomic E-state index is 7.51. The standard InChI is InChI=1S/C14H21N5O.C6H7NO.C2H2/c1-9-17-13(19(2)3)12(11(6-15)7-16)14(18-9)20-8-10-4-5-10;1-8-6-3-2-4-7-5-6;1-2/h6-7,10,15H,4-5,8,16H2,1-3H3;2-5H,1H3;1-2H/b11-7+,15-6?;;. The van der Waals surface area contributed by atoms with Crippen LogP contribution in [-0.2, 0) is 0 Å². The molecule has 8 heteroatoms. The highest BCUT2D eigenvalue weighted by Crippen LogP contribution is 2.34. The fourth-order valence-electron chi connectivity index (χ4n) is 2.37. The second-order valence-corrected chi connectivity index (χ2v) is 6.58. The Morgan fingerprint density at radius 3 is 2.47 bits per heavy atom. The Bertz CT molecular complexity index is 845. The van der Waals surface area contributed by atoms with Gasteiger partial charge in [-0.1, -0.05) is 0 Å². The van der Waals surface area contributed by atoms with Crippen molar-refractivity contribution in [2.45, 2.75) is 19.8 Å². The lowest BCUT2D eigenvalue weighted by Gasteiger charge is -2.19. The van der Waals surface area contributed by atoms with Gasteiger partial charge in [0, 0.05) is 38.3 Å². The third-order valence-corrected chi connectivity index (χ3v) is 4.04. The van der Waals surface area contributed by atoms with E-state index in [9.17, 15) is 0 Å². The number of aryl methyl sites for hydroxylation is 1. The number of allylic oxidation sites excluding steroid dienone is 1. The molecule has 30 heavy (non-hydrogen) atoms. The first-order valence-electron chi connectivity index (χ1n) is 9.39. The van der Waals surface area contributed by atoms with E-state index in [2.05, 4.69) is 27.8 Å². The smallest absolute Gasteiger partial charge is 0.227 e. The molecule has 2 aromatic heterocycles. The first kappa shape index (κ1) is 24.4. The number of terminal acetylenes is 1. The van der Waals surface area contributed by atoms with Crippen molar-refractivity contribution < 1.29 is 9.47 Å². The van der Waals surface area contributed by atoms with Crippen LogP contribution in [0.25, 0.3) is 5.57 Å². The number of hydrogen-bond acceptors (Lipinski definition) is 8. The monoisotopic (exact) mass is 410 g/mol. The zero-order valence-electron chi connectivity index (χ0n) is 18.0. The number of hydrogen-bond donors (Lipinski definition) is 2. The van der Waals surface area contributed by atoms with Crippen LogP contribution in [0, 0.1) is 31.1 Å². The van der Waals surface area contributed by atoms with Gasteiger partial charge in [-0.3, -0.25) is 4.98 Å². The van der Waals surface area contributed by atoms with Crippen LogP contribution in [0.1, 0.15) is 24.2 Å². The van der Waals surface area contributed by atoms with E-state index in [0.29, 0.717) is 41.2 Å². The highest BCUT2D eigenvalue weighted by molar-refractivity contribution is 6.11. The lowest BCUT2D eigenvalue weighted by atomic mass is 10.1. The van der Waals surface area contributed by atoms with Crippen LogP contribution < -0.4 is 20.1 Å². The molecule has 1 fully saturated rings. The number of methoxy groups -OCH3 is 1. The summed E-state index contributed by atoms with van der Waals surface area (Å²) in [6.07, 6.45) is 16.4. The van der Waals surface area contributed by atoms with Crippen molar-refractivity contribution in [1.29, 1.82) is 5.41 Å². The predicted octanol–water partition coefficient (Wildman–Crippen LogP) is 2.93. The number of rotatable bonds is 7. The number of pyridine rings is 1. The first-order valence-corrected chi connectivity index (χ1v) is 9.39. The molecule has 2 aromatic rings. The summed E-state index contributed by atoms with van der Waals surface area (Å²) in [5.41, 5.74) is 6.85. The topological polar surface area (TPSA) is 110 Å². The molecular formula is C22H30N6O2. The number of nitrogens with zero attached hydrogens (tertiary/aromatic N) is 4. The Hall–Kier alpha value is -3.60. The molecule has 0 aromatic carbocycles. The SMILES string of the molecule is C#C.COc1cccnc1.Cc1nc(OCC2CC2)c(/C(C=N)=C/N)c(N(C)C)n1. The number of nitrogens with one attached hydrogen (secondary N) is 1. The van der Waals surface area contributed by atoms with Gasteiger partial charge in [0.05, 0.1) is 25.5 Å². The van der Waals surface area contributed by atoms with Crippen LogP contribution in [-0.4, -0.2) is 49.0 Å². The fourth-order valence-corrected chi connectivity index (χ4v) is 2.37. The van der Waals surface area contributed by atoms with Crippen molar-refractivity contribution in [3.05, 3.63) is 42.1 Å². The molecule has 0 aliphatic heterocycles. The lowest BCUT2D eigenvalue weighted by molar-refractivity contribution is 0.286. The third-order valence-electron chi connectivity index (χ3n) is 4.04. The van der Waals surface area contributed by atoms with Gasteiger partial charge in [0.25, 0.3) is 0 Å². The molecule has 0 radical (unpaired) electrons. The molecule has 160 valence electrons. The summed E-state index contributed by atoms with van der Waals surface area (Å²) in [7, 11) is 5.42. The highest BCUT2D eigenvalue weighted by Gasteiger charge is 2.25. The normalized spacial score (nSPS) is 12.4. The molecule has 0 atom stereocenters. The molecule has 1 saturated carbocycles. The molecular weight excluding hydrogens is 380 g/mol. The van der Waals surface area contributed by atoms with Gasteiger partial charge in [-0.15, -0.1) is 12.8 Å². The van der Waals surface area contributed by atoms with Crippen LogP contribution >= 0.6 is 0 Å². The summed E-state index contributed by atoms with van der Waals surface area (Å²) in [5.74, 6) is 3.29. The molecule has 3 N–H and O–H groups in total. The third kappa shape index (κ3) is 7.43. The molecule has 3 rings (SSSR count). The van der Waals surface area contributed by atoms with E-state index in [1.54, 1.807) is 19.5 Å². The Morgan fingerprint density at radius 1 is 1.33 bits per heavy atom. The second kappa shape index (κ2) is 12.8. The predicted molar refractivity (Wildman–Crippen MR) is 121 cm³/mol. The lowest BCUT2D eigenvalue weighted by Crippen LogP contribution is -2.17. The van der Waals surface area contributed by atoms with Crippen LogP contribution in [0.15, 0.2) is 30.7 Å². The molecule has 0 bridgehead atoms. The van der Waals surface area contributed by atoms with Gasteiger partial charge in [0.2, 0.25) is 5.88 Å². The Morgan fingerprint density at radius 2 is 2.03 bits per heavy atom. The Labute approximate surface area is 178 Å². The molecule has 0 spiro atoms. The summed E-state index contributed by atoms with van der Waals surface area (Å²) >= 11 is 0. The van der Waals surface area contributed by atoms with E-state index >= 15 is 0 Å². The van der Waals surface area contributed by atoms with Crippen LogP contribution in [0.5, 0.6) is 11.6 Å². The maximum atomic E-state index is 7.51. The minimum atomic E-state index is 0.508. The van der Waals surface area contributed by atoms with E-state index < -0.39 is 0 Å². The van der Waals surface area contributed by atoms with Crippen molar-refractivity contribution >= 4 is 17.6 Å². The van der Waals surface area contributed by atoms with E-state index in [1.165, 1.54) is 25.3 Å². The van der Waals surface area contributed by atoms with Crippen molar-refractivity contribution in [2.24, 2.45) is 11.7 Å². The van der Waals surface area contributed by atoms with E-state index in [4.69, 9.17) is 20.6 Å². The molecule has 0 unspecified atom stereocenters. The number of anilines is 1. The van der Waals surface area contributed by atoms with Crippen LogP contribution in [0.3, 0.4) is 0 Å². The minimum Gasteiger partial charge on any atom is -0.495 e. The van der Waals surface area contributed by atoms with Gasteiger partial charge in [-0.2, -0.15) is 4.98 Å². The average molecular weight is 411 g/mol. The van der Waals surface area contributed by atoms with Crippen molar-refractivity contribution in [3.8, 4) is 24.5 Å². The van der Waals surface area contributed by atoms with Gasteiger partial charge in [0.15, 0.2) is 0 Å². The number of aromatic nitrogens is 3. The van der Waals surface area contributed by atoms with Crippen LogP contribution in [0.4, 0.5) is 5.82 Å². The second-order valence-electron chi connectivity index (χ2n) is 6.58. The first-order chi connectivity index (χ1) is 14.5. The number of ether oxygens (including phenoxy) is 2. The van der Waals surface area contributed by atoms with Crippen molar-refractivity contribution in [1.82, 2.24) is 15.0 Å². The van der Waals surface area contributed by atoms with Crippen molar-refractivity contribution in [3.63, 3.8) is 0 Å². The zero-order chi connectivity index (χ0) is 22.5. The maximum Gasteiger partial charge on any atom is 0.227 e. The van der Waals surface area contributed by atoms with Gasteiger partial charge in [0.1, 0.15) is 17.4 Å². The molecule has 0 saturated heterocycles.